The molecule has 1 aromatic carbocycles. The third-order valence-corrected chi connectivity index (χ3v) is 4.50. The van der Waals surface area contributed by atoms with Crippen LogP contribution in [0.5, 0.6) is 5.75 Å². The third kappa shape index (κ3) is 3.97. The molecule has 1 aromatic rings. The van der Waals surface area contributed by atoms with E-state index in [4.69, 9.17) is 4.74 Å². The molecule has 112 valence electrons. The lowest BCUT2D eigenvalue weighted by atomic mass is 9.87. The van der Waals surface area contributed by atoms with Crippen molar-refractivity contribution in [2.45, 2.75) is 45.1 Å². The molecule has 3 nitrogen and oxygen atoms in total. The second kappa shape index (κ2) is 7.09. The summed E-state index contributed by atoms with van der Waals surface area (Å²) in [4.78, 5) is 0. The molecule has 2 rings (SSSR count). The molecule has 0 radical (unpaired) electrons. The summed E-state index contributed by atoms with van der Waals surface area (Å²) in [5, 5.41) is 13.2. The van der Waals surface area contributed by atoms with Crippen molar-refractivity contribution in [3.8, 4) is 5.75 Å². The van der Waals surface area contributed by atoms with Crippen molar-refractivity contribution in [1.29, 1.82) is 0 Å². The highest BCUT2D eigenvalue weighted by atomic mass is 16.5. The number of ether oxygens (including phenoxy) is 1. The van der Waals surface area contributed by atoms with Crippen molar-refractivity contribution >= 4 is 0 Å². The van der Waals surface area contributed by atoms with Crippen LogP contribution in [0.15, 0.2) is 24.3 Å². The Morgan fingerprint density at radius 3 is 2.75 bits per heavy atom. The van der Waals surface area contributed by atoms with E-state index < -0.39 is 0 Å². The number of nitrogens with one attached hydrogen (secondary N) is 1. The molecule has 0 bridgehead atoms. The standard InChI is InChI=1S/C17H27NO2/c1-14(10-15-6-5-7-16(11-15)20-2)18-12-17(13-19)8-3-4-9-17/h5-7,11,14,18-19H,3-4,8-10,12-13H2,1-2H3. The molecule has 1 fully saturated rings. The molecule has 1 aliphatic carbocycles. The monoisotopic (exact) mass is 277 g/mol. The third-order valence-electron chi connectivity index (χ3n) is 4.50. The lowest BCUT2D eigenvalue weighted by Crippen LogP contribution is -2.40. The molecule has 0 aliphatic heterocycles. The minimum absolute atomic E-state index is 0.128. The molecular weight excluding hydrogens is 250 g/mol. The smallest absolute Gasteiger partial charge is 0.119 e. The molecule has 1 atom stereocenters. The zero-order valence-electron chi connectivity index (χ0n) is 12.7. The van der Waals surface area contributed by atoms with Crippen LogP contribution in [-0.2, 0) is 6.42 Å². The van der Waals surface area contributed by atoms with Gasteiger partial charge in [-0.05, 0) is 43.9 Å². The molecule has 1 saturated carbocycles. The Morgan fingerprint density at radius 2 is 2.10 bits per heavy atom. The van der Waals surface area contributed by atoms with Gasteiger partial charge in [-0.15, -0.1) is 0 Å². The van der Waals surface area contributed by atoms with E-state index in [0.717, 1.165) is 31.6 Å². The molecule has 0 aromatic heterocycles. The average molecular weight is 277 g/mol. The maximum absolute atomic E-state index is 9.63. The van der Waals surface area contributed by atoms with E-state index >= 15 is 0 Å². The first-order chi connectivity index (χ1) is 9.67. The van der Waals surface area contributed by atoms with Crippen LogP contribution in [0.2, 0.25) is 0 Å². The molecule has 0 amide bonds. The van der Waals surface area contributed by atoms with Crippen LogP contribution in [0.1, 0.15) is 38.2 Å². The molecule has 0 saturated heterocycles. The Labute approximate surface area is 122 Å². The van der Waals surface area contributed by atoms with Crippen molar-refractivity contribution in [2.24, 2.45) is 5.41 Å². The number of aliphatic hydroxyl groups is 1. The normalized spacial score (nSPS) is 18.9. The minimum atomic E-state index is 0.128. The fourth-order valence-electron chi connectivity index (χ4n) is 3.13. The van der Waals surface area contributed by atoms with Crippen molar-refractivity contribution in [3.63, 3.8) is 0 Å². The van der Waals surface area contributed by atoms with Crippen molar-refractivity contribution in [2.75, 3.05) is 20.3 Å². The van der Waals surface area contributed by atoms with Gasteiger partial charge in [-0.3, -0.25) is 0 Å². The van der Waals surface area contributed by atoms with Crippen LogP contribution < -0.4 is 10.1 Å². The van der Waals surface area contributed by atoms with E-state index in [0.29, 0.717) is 12.6 Å². The fourth-order valence-corrected chi connectivity index (χ4v) is 3.13. The van der Waals surface area contributed by atoms with Crippen molar-refractivity contribution < 1.29 is 9.84 Å². The molecule has 0 spiro atoms. The maximum atomic E-state index is 9.63. The Bertz CT molecular complexity index is 413. The first-order valence-corrected chi connectivity index (χ1v) is 7.65. The number of hydrogen-bond acceptors (Lipinski definition) is 3. The summed E-state index contributed by atoms with van der Waals surface area (Å²) < 4.78 is 5.26. The molecule has 1 aliphatic rings. The SMILES string of the molecule is COc1cccc(CC(C)NCC2(CO)CCCC2)c1. The Morgan fingerprint density at radius 1 is 1.35 bits per heavy atom. The predicted octanol–water partition coefficient (Wildman–Crippen LogP) is 2.77. The lowest BCUT2D eigenvalue weighted by molar-refractivity contribution is 0.125. The van der Waals surface area contributed by atoms with Crippen LogP contribution in [0, 0.1) is 5.41 Å². The zero-order valence-corrected chi connectivity index (χ0v) is 12.7. The van der Waals surface area contributed by atoms with Gasteiger partial charge >= 0.3 is 0 Å². The number of aliphatic hydroxyl groups excluding tert-OH is 1. The number of hydrogen-bond donors (Lipinski definition) is 2. The van der Waals surface area contributed by atoms with E-state index in [1.54, 1.807) is 7.11 Å². The zero-order chi connectivity index (χ0) is 14.4. The van der Waals surface area contributed by atoms with Gasteiger partial charge in [0.25, 0.3) is 0 Å². The van der Waals surface area contributed by atoms with Gasteiger partial charge in [0.15, 0.2) is 0 Å². The topological polar surface area (TPSA) is 41.5 Å². The molecule has 0 heterocycles. The number of methoxy groups -OCH3 is 1. The average Bonchev–Trinajstić information content (AvgIpc) is 2.95. The first-order valence-electron chi connectivity index (χ1n) is 7.65. The van der Waals surface area contributed by atoms with Gasteiger partial charge in [-0.25, -0.2) is 0 Å². The molecule has 2 N–H and O–H groups in total. The van der Waals surface area contributed by atoms with E-state index in [1.165, 1.54) is 18.4 Å². The first kappa shape index (κ1) is 15.3. The van der Waals surface area contributed by atoms with E-state index in [1.807, 2.05) is 12.1 Å². The second-order valence-electron chi connectivity index (χ2n) is 6.20. The molecular formula is C17H27NO2. The van der Waals surface area contributed by atoms with Crippen LogP contribution >= 0.6 is 0 Å². The van der Waals surface area contributed by atoms with Gasteiger partial charge in [0, 0.05) is 24.6 Å². The van der Waals surface area contributed by atoms with Gasteiger partial charge in [0.1, 0.15) is 5.75 Å². The minimum Gasteiger partial charge on any atom is -0.497 e. The summed E-state index contributed by atoms with van der Waals surface area (Å²) in [6, 6.07) is 8.65. The van der Waals surface area contributed by atoms with Gasteiger partial charge in [0.2, 0.25) is 0 Å². The molecule has 20 heavy (non-hydrogen) atoms. The summed E-state index contributed by atoms with van der Waals surface area (Å²) in [6.07, 6.45) is 5.81. The van der Waals surface area contributed by atoms with Crippen LogP contribution in [0.3, 0.4) is 0 Å². The van der Waals surface area contributed by atoms with Crippen LogP contribution in [0.25, 0.3) is 0 Å². The summed E-state index contributed by atoms with van der Waals surface area (Å²) >= 11 is 0. The van der Waals surface area contributed by atoms with Gasteiger partial charge in [-0.2, -0.15) is 0 Å². The number of rotatable bonds is 7. The lowest BCUT2D eigenvalue weighted by Gasteiger charge is -2.28. The Kier molecular flexibility index (Phi) is 5.44. The van der Waals surface area contributed by atoms with Crippen LogP contribution in [0.4, 0.5) is 0 Å². The van der Waals surface area contributed by atoms with E-state index in [-0.39, 0.29) is 5.41 Å². The second-order valence-corrected chi connectivity index (χ2v) is 6.20. The Hall–Kier alpha value is -1.06. The van der Waals surface area contributed by atoms with Gasteiger partial charge in [-0.1, -0.05) is 25.0 Å². The highest BCUT2D eigenvalue weighted by molar-refractivity contribution is 5.28. The van der Waals surface area contributed by atoms with E-state index in [2.05, 4.69) is 24.4 Å². The summed E-state index contributed by atoms with van der Waals surface area (Å²) in [5.41, 5.74) is 1.41. The fraction of sp³-hybridized carbons (Fsp3) is 0.647. The highest BCUT2D eigenvalue weighted by Gasteiger charge is 2.33. The van der Waals surface area contributed by atoms with Gasteiger partial charge in [0.05, 0.1) is 7.11 Å². The Balaban J connectivity index is 1.84. The predicted molar refractivity (Wildman–Crippen MR) is 82.1 cm³/mol. The van der Waals surface area contributed by atoms with Crippen LogP contribution in [-0.4, -0.2) is 31.4 Å². The van der Waals surface area contributed by atoms with E-state index in [9.17, 15) is 5.11 Å². The van der Waals surface area contributed by atoms with Crippen molar-refractivity contribution in [3.05, 3.63) is 29.8 Å². The summed E-state index contributed by atoms with van der Waals surface area (Å²) in [6.45, 7) is 3.44. The molecule has 1 unspecified atom stereocenters. The van der Waals surface area contributed by atoms with Gasteiger partial charge < -0.3 is 15.2 Å². The quantitative estimate of drug-likeness (QED) is 0.805. The largest absolute Gasteiger partial charge is 0.497 e. The highest BCUT2D eigenvalue weighted by Crippen LogP contribution is 2.37. The molecule has 3 heteroatoms. The maximum Gasteiger partial charge on any atom is 0.119 e. The summed E-state index contributed by atoms with van der Waals surface area (Å²) in [5.74, 6) is 0.914. The number of benzene rings is 1. The van der Waals surface area contributed by atoms with Crippen molar-refractivity contribution in [1.82, 2.24) is 5.32 Å². The summed E-state index contributed by atoms with van der Waals surface area (Å²) in [7, 11) is 1.70.